The van der Waals surface area contributed by atoms with Crippen molar-refractivity contribution in [1.29, 1.82) is 0 Å². The fourth-order valence-electron chi connectivity index (χ4n) is 2.43. The number of nitro groups is 1. The Bertz CT molecular complexity index is 981. The van der Waals surface area contributed by atoms with Crippen LogP contribution in [0, 0.1) is 17.0 Å². The minimum absolute atomic E-state index is 0.0443. The van der Waals surface area contributed by atoms with Crippen LogP contribution in [-0.2, 0) is 4.79 Å². The van der Waals surface area contributed by atoms with Crippen molar-refractivity contribution in [3.8, 4) is 0 Å². The second kappa shape index (κ2) is 9.94. The summed E-state index contributed by atoms with van der Waals surface area (Å²) in [5, 5.41) is 19.3. The fourth-order valence-corrected chi connectivity index (χ4v) is 2.79. The van der Waals surface area contributed by atoms with Gasteiger partial charge in [0.05, 0.1) is 15.6 Å². The number of hydrogen-bond donors (Lipinski definition) is 3. The normalized spacial score (nSPS) is 10.2. The van der Waals surface area contributed by atoms with Crippen LogP contribution in [0.15, 0.2) is 36.4 Å². The summed E-state index contributed by atoms with van der Waals surface area (Å²) >= 11 is 11.3. The van der Waals surface area contributed by atoms with E-state index in [0.29, 0.717) is 28.4 Å². The molecular formula is C19H19ClN4O4S. The Morgan fingerprint density at radius 3 is 2.55 bits per heavy atom. The van der Waals surface area contributed by atoms with E-state index < -0.39 is 10.8 Å². The van der Waals surface area contributed by atoms with Crippen LogP contribution < -0.4 is 16.0 Å². The van der Waals surface area contributed by atoms with Crippen LogP contribution in [0.1, 0.15) is 35.7 Å². The van der Waals surface area contributed by atoms with Crippen LogP contribution in [0.25, 0.3) is 0 Å². The molecule has 3 N–H and O–H groups in total. The lowest BCUT2D eigenvalue weighted by atomic mass is 10.1. The van der Waals surface area contributed by atoms with Crippen molar-refractivity contribution in [1.82, 2.24) is 5.32 Å². The van der Waals surface area contributed by atoms with E-state index in [4.69, 9.17) is 23.8 Å². The highest BCUT2D eigenvalue weighted by Crippen LogP contribution is 2.26. The van der Waals surface area contributed by atoms with Crippen LogP contribution in [0.2, 0.25) is 5.02 Å². The van der Waals surface area contributed by atoms with Crippen molar-refractivity contribution in [3.63, 3.8) is 0 Å². The van der Waals surface area contributed by atoms with Crippen LogP contribution >= 0.6 is 23.8 Å². The van der Waals surface area contributed by atoms with Gasteiger partial charge in [0.2, 0.25) is 5.91 Å². The molecule has 2 aromatic rings. The van der Waals surface area contributed by atoms with Gasteiger partial charge in [-0.1, -0.05) is 24.6 Å². The lowest BCUT2D eigenvalue weighted by Crippen LogP contribution is -2.34. The number of aryl methyl sites for hydroxylation is 1. The maximum atomic E-state index is 12.3. The van der Waals surface area contributed by atoms with Crippen LogP contribution in [0.3, 0.4) is 0 Å². The van der Waals surface area contributed by atoms with Crippen molar-refractivity contribution in [2.75, 3.05) is 10.6 Å². The third-order valence-electron chi connectivity index (χ3n) is 3.87. The Balaban J connectivity index is 2.09. The van der Waals surface area contributed by atoms with Gasteiger partial charge in [0.1, 0.15) is 0 Å². The quantitative estimate of drug-likeness (QED) is 0.352. The molecule has 8 nitrogen and oxygen atoms in total. The summed E-state index contributed by atoms with van der Waals surface area (Å²) in [5.74, 6) is -0.730. The first-order valence-corrected chi connectivity index (χ1v) is 9.46. The Kier molecular flexibility index (Phi) is 7.63. The number of carbonyl (C=O) groups excluding carboxylic acids is 2. The average Bonchev–Trinajstić information content (AvgIpc) is 2.64. The molecule has 2 rings (SSSR count). The monoisotopic (exact) mass is 434 g/mol. The molecule has 0 saturated carbocycles. The molecule has 0 fully saturated rings. The number of nitro benzene ring substituents is 1. The summed E-state index contributed by atoms with van der Waals surface area (Å²) in [5.41, 5.74) is 1.30. The number of anilines is 2. The van der Waals surface area contributed by atoms with Gasteiger partial charge < -0.3 is 10.6 Å². The Hall–Kier alpha value is -3.04. The SMILES string of the molecule is CCCC(=O)Nc1ccc(Cl)c(NC(=S)NC(=O)c2ccc(C)c([N+](=O)[O-])c2)c1. The van der Waals surface area contributed by atoms with Gasteiger partial charge in [0, 0.05) is 29.3 Å². The van der Waals surface area contributed by atoms with Crippen LogP contribution in [-0.4, -0.2) is 21.9 Å². The van der Waals surface area contributed by atoms with E-state index in [2.05, 4.69) is 16.0 Å². The Labute approximate surface area is 177 Å². The molecule has 0 radical (unpaired) electrons. The number of hydrogen-bond acceptors (Lipinski definition) is 5. The van der Waals surface area contributed by atoms with E-state index >= 15 is 0 Å². The molecule has 10 heteroatoms. The average molecular weight is 435 g/mol. The highest BCUT2D eigenvalue weighted by atomic mass is 35.5. The van der Waals surface area contributed by atoms with Gasteiger partial charge in [-0.25, -0.2) is 0 Å². The standard InChI is InChI=1S/C19H19ClN4O4S/c1-3-4-17(25)21-13-7-8-14(20)15(10-13)22-19(29)23-18(26)12-6-5-11(2)16(9-12)24(27)28/h5-10H,3-4H2,1-2H3,(H,21,25)(H2,22,23,26,29). The number of nitrogens with zero attached hydrogens (tertiary/aromatic N) is 1. The highest BCUT2D eigenvalue weighted by Gasteiger charge is 2.16. The Morgan fingerprint density at radius 1 is 1.17 bits per heavy atom. The second-order valence-corrected chi connectivity index (χ2v) is 6.97. The molecule has 0 heterocycles. The van der Waals surface area contributed by atoms with Gasteiger partial charge in [0.15, 0.2) is 5.11 Å². The molecule has 2 amide bonds. The topological polar surface area (TPSA) is 113 Å². The van der Waals surface area contributed by atoms with E-state index in [1.165, 1.54) is 18.2 Å². The summed E-state index contributed by atoms with van der Waals surface area (Å²) in [4.78, 5) is 34.6. The zero-order valence-electron chi connectivity index (χ0n) is 15.7. The predicted octanol–water partition coefficient (Wildman–Crippen LogP) is 4.42. The van der Waals surface area contributed by atoms with Gasteiger partial charge in [-0.15, -0.1) is 0 Å². The number of halogens is 1. The summed E-state index contributed by atoms with van der Waals surface area (Å²) < 4.78 is 0. The first-order chi connectivity index (χ1) is 13.7. The Morgan fingerprint density at radius 2 is 1.90 bits per heavy atom. The molecular weight excluding hydrogens is 416 g/mol. The molecule has 0 aliphatic rings. The number of amides is 2. The summed E-state index contributed by atoms with van der Waals surface area (Å²) in [6, 6.07) is 8.96. The summed E-state index contributed by atoms with van der Waals surface area (Å²) in [6.45, 7) is 3.48. The highest BCUT2D eigenvalue weighted by molar-refractivity contribution is 7.80. The number of nitrogens with one attached hydrogen (secondary N) is 3. The van der Waals surface area contributed by atoms with Gasteiger partial charge in [-0.2, -0.15) is 0 Å². The van der Waals surface area contributed by atoms with E-state index in [-0.39, 0.29) is 22.3 Å². The number of benzene rings is 2. The molecule has 2 aromatic carbocycles. The zero-order valence-corrected chi connectivity index (χ0v) is 17.3. The zero-order chi connectivity index (χ0) is 21.6. The van der Waals surface area contributed by atoms with Crippen molar-refractivity contribution < 1.29 is 14.5 Å². The minimum Gasteiger partial charge on any atom is -0.331 e. The minimum atomic E-state index is -0.603. The largest absolute Gasteiger partial charge is 0.331 e. The molecule has 152 valence electrons. The molecule has 0 aliphatic heterocycles. The van der Waals surface area contributed by atoms with Gasteiger partial charge in [0.25, 0.3) is 11.6 Å². The summed E-state index contributed by atoms with van der Waals surface area (Å²) in [6.07, 6.45) is 1.11. The summed E-state index contributed by atoms with van der Waals surface area (Å²) in [7, 11) is 0. The smallest absolute Gasteiger partial charge is 0.273 e. The number of rotatable bonds is 6. The van der Waals surface area contributed by atoms with Crippen LogP contribution in [0.4, 0.5) is 17.1 Å². The first kappa shape index (κ1) is 22.3. The van der Waals surface area contributed by atoms with Gasteiger partial charge in [-0.05, 0) is 49.8 Å². The van der Waals surface area contributed by atoms with Crippen molar-refractivity contribution in [2.45, 2.75) is 26.7 Å². The van der Waals surface area contributed by atoms with E-state index in [1.807, 2.05) is 6.92 Å². The van der Waals surface area contributed by atoms with Crippen molar-refractivity contribution in [2.24, 2.45) is 0 Å². The fraction of sp³-hybridized carbons (Fsp3) is 0.211. The first-order valence-electron chi connectivity index (χ1n) is 8.68. The van der Waals surface area contributed by atoms with Gasteiger partial charge in [-0.3, -0.25) is 25.0 Å². The third kappa shape index (κ3) is 6.23. The molecule has 0 aromatic heterocycles. The number of carbonyl (C=O) groups is 2. The van der Waals surface area contributed by atoms with E-state index in [9.17, 15) is 19.7 Å². The lowest BCUT2D eigenvalue weighted by molar-refractivity contribution is -0.385. The molecule has 29 heavy (non-hydrogen) atoms. The van der Waals surface area contributed by atoms with Crippen LogP contribution in [0.5, 0.6) is 0 Å². The molecule has 0 aliphatic carbocycles. The molecule has 0 saturated heterocycles. The molecule has 0 unspecified atom stereocenters. The molecule has 0 bridgehead atoms. The molecule has 0 spiro atoms. The van der Waals surface area contributed by atoms with E-state index in [0.717, 1.165) is 6.42 Å². The molecule has 0 atom stereocenters. The number of thiocarbonyl (C=S) groups is 1. The van der Waals surface area contributed by atoms with Crippen molar-refractivity contribution in [3.05, 3.63) is 62.7 Å². The predicted molar refractivity (Wildman–Crippen MR) is 117 cm³/mol. The maximum Gasteiger partial charge on any atom is 0.273 e. The lowest BCUT2D eigenvalue weighted by Gasteiger charge is -2.13. The third-order valence-corrected chi connectivity index (χ3v) is 4.40. The van der Waals surface area contributed by atoms with Gasteiger partial charge >= 0.3 is 0 Å². The van der Waals surface area contributed by atoms with E-state index in [1.54, 1.807) is 25.1 Å². The van der Waals surface area contributed by atoms with Crippen molar-refractivity contribution >= 4 is 57.8 Å². The second-order valence-electron chi connectivity index (χ2n) is 6.16. The maximum absolute atomic E-state index is 12.3.